The van der Waals surface area contributed by atoms with Gasteiger partial charge in [-0.1, -0.05) is 24.3 Å². The molecule has 2 nitrogen and oxygen atoms in total. The number of carbonyl (C=O) groups excluding carboxylic acids is 1. The lowest BCUT2D eigenvalue weighted by Crippen LogP contribution is -1.94. The zero-order valence-electron chi connectivity index (χ0n) is 9.40. The van der Waals surface area contributed by atoms with Crippen LogP contribution >= 0.6 is 0 Å². The fourth-order valence-corrected chi connectivity index (χ4v) is 1.62. The first-order valence-corrected chi connectivity index (χ1v) is 5.21. The summed E-state index contributed by atoms with van der Waals surface area (Å²) in [6, 6.07) is 11.8. The summed E-state index contributed by atoms with van der Waals surface area (Å²) in [5.74, 6) is 0.0452. The molecule has 0 bridgehead atoms. The number of carbonyl (C=O) groups is 1. The SMILES string of the molecule is CC(=O)c1ccc(-c2ccccc2C)nc1. The fraction of sp³-hybridized carbons (Fsp3) is 0.143. The van der Waals surface area contributed by atoms with Crippen LogP contribution in [-0.4, -0.2) is 10.8 Å². The highest BCUT2D eigenvalue weighted by Gasteiger charge is 2.03. The standard InChI is InChI=1S/C14H13NO/c1-10-5-3-4-6-13(10)14-8-7-12(9-15-14)11(2)16/h3-9H,1-2H3. The van der Waals surface area contributed by atoms with Crippen LogP contribution in [0.1, 0.15) is 22.8 Å². The van der Waals surface area contributed by atoms with Gasteiger partial charge in [0, 0.05) is 17.3 Å². The minimum absolute atomic E-state index is 0.0452. The molecule has 0 saturated heterocycles. The molecule has 1 heterocycles. The van der Waals surface area contributed by atoms with Crippen molar-refractivity contribution in [1.29, 1.82) is 0 Å². The monoisotopic (exact) mass is 211 g/mol. The number of aryl methyl sites for hydroxylation is 1. The van der Waals surface area contributed by atoms with Gasteiger partial charge in [-0.3, -0.25) is 9.78 Å². The van der Waals surface area contributed by atoms with Crippen molar-refractivity contribution < 1.29 is 4.79 Å². The maximum atomic E-state index is 11.1. The molecular weight excluding hydrogens is 198 g/mol. The Kier molecular flexibility index (Phi) is 2.82. The van der Waals surface area contributed by atoms with Crippen LogP contribution in [0.5, 0.6) is 0 Å². The number of rotatable bonds is 2. The molecule has 0 N–H and O–H groups in total. The molecule has 0 unspecified atom stereocenters. The van der Waals surface area contributed by atoms with Gasteiger partial charge in [-0.2, -0.15) is 0 Å². The number of pyridine rings is 1. The van der Waals surface area contributed by atoms with Crippen LogP contribution in [0.4, 0.5) is 0 Å². The Morgan fingerprint density at radius 2 is 1.88 bits per heavy atom. The van der Waals surface area contributed by atoms with Crippen molar-refractivity contribution in [3.8, 4) is 11.3 Å². The molecule has 0 spiro atoms. The van der Waals surface area contributed by atoms with E-state index in [0.29, 0.717) is 5.56 Å². The van der Waals surface area contributed by atoms with Crippen LogP contribution in [0, 0.1) is 6.92 Å². The van der Waals surface area contributed by atoms with E-state index in [1.807, 2.05) is 30.3 Å². The Morgan fingerprint density at radius 3 is 2.44 bits per heavy atom. The molecule has 2 heteroatoms. The molecule has 0 saturated carbocycles. The lowest BCUT2D eigenvalue weighted by molar-refractivity contribution is 0.101. The van der Waals surface area contributed by atoms with Crippen molar-refractivity contribution in [2.24, 2.45) is 0 Å². The van der Waals surface area contributed by atoms with Crippen LogP contribution in [0.15, 0.2) is 42.6 Å². The summed E-state index contributed by atoms with van der Waals surface area (Å²) < 4.78 is 0. The summed E-state index contributed by atoms with van der Waals surface area (Å²) in [5, 5.41) is 0. The van der Waals surface area contributed by atoms with Gasteiger partial charge in [0.05, 0.1) is 5.69 Å². The quantitative estimate of drug-likeness (QED) is 0.714. The van der Waals surface area contributed by atoms with E-state index in [4.69, 9.17) is 0 Å². The van der Waals surface area contributed by atoms with Gasteiger partial charge in [0.25, 0.3) is 0 Å². The van der Waals surface area contributed by atoms with Crippen LogP contribution in [-0.2, 0) is 0 Å². The first kappa shape index (κ1) is 10.6. The third-order valence-corrected chi connectivity index (χ3v) is 2.59. The molecular formula is C14H13NO. The summed E-state index contributed by atoms with van der Waals surface area (Å²) in [5.41, 5.74) is 3.85. The van der Waals surface area contributed by atoms with Gasteiger partial charge in [0.15, 0.2) is 5.78 Å². The molecule has 0 atom stereocenters. The zero-order valence-corrected chi connectivity index (χ0v) is 9.40. The lowest BCUT2D eigenvalue weighted by Gasteiger charge is -2.04. The van der Waals surface area contributed by atoms with Crippen molar-refractivity contribution in [3.63, 3.8) is 0 Å². The van der Waals surface area contributed by atoms with Gasteiger partial charge in [-0.15, -0.1) is 0 Å². The fourth-order valence-electron chi connectivity index (χ4n) is 1.62. The second kappa shape index (κ2) is 4.27. The zero-order chi connectivity index (χ0) is 11.5. The summed E-state index contributed by atoms with van der Waals surface area (Å²) in [6.07, 6.45) is 1.63. The van der Waals surface area contributed by atoms with E-state index in [0.717, 1.165) is 11.3 Å². The van der Waals surface area contributed by atoms with Gasteiger partial charge < -0.3 is 0 Å². The molecule has 0 fully saturated rings. The maximum absolute atomic E-state index is 11.1. The number of hydrogen-bond donors (Lipinski definition) is 0. The second-order valence-electron chi connectivity index (χ2n) is 3.80. The molecule has 80 valence electrons. The third kappa shape index (κ3) is 2.01. The van der Waals surface area contributed by atoms with Crippen LogP contribution in [0.25, 0.3) is 11.3 Å². The Balaban J connectivity index is 2.43. The lowest BCUT2D eigenvalue weighted by atomic mass is 10.0. The van der Waals surface area contributed by atoms with Gasteiger partial charge in [-0.05, 0) is 31.5 Å². The predicted molar refractivity (Wildman–Crippen MR) is 64.4 cm³/mol. The first-order valence-electron chi connectivity index (χ1n) is 5.21. The van der Waals surface area contributed by atoms with Crippen LogP contribution in [0.3, 0.4) is 0 Å². The molecule has 0 radical (unpaired) electrons. The van der Waals surface area contributed by atoms with Gasteiger partial charge in [0.2, 0.25) is 0 Å². The molecule has 0 aliphatic heterocycles. The van der Waals surface area contributed by atoms with Crippen molar-refractivity contribution in [3.05, 3.63) is 53.7 Å². The number of benzene rings is 1. The molecule has 1 aromatic carbocycles. The van der Waals surface area contributed by atoms with Crippen molar-refractivity contribution in [2.45, 2.75) is 13.8 Å². The van der Waals surface area contributed by atoms with E-state index in [2.05, 4.69) is 18.0 Å². The predicted octanol–water partition coefficient (Wildman–Crippen LogP) is 3.26. The Bertz CT molecular complexity index is 515. The average molecular weight is 211 g/mol. The van der Waals surface area contributed by atoms with E-state index in [9.17, 15) is 4.79 Å². The number of hydrogen-bond acceptors (Lipinski definition) is 2. The summed E-state index contributed by atoms with van der Waals surface area (Å²) >= 11 is 0. The van der Waals surface area contributed by atoms with E-state index in [-0.39, 0.29) is 5.78 Å². The maximum Gasteiger partial charge on any atom is 0.161 e. The summed E-state index contributed by atoms with van der Waals surface area (Å²) in [6.45, 7) is 3.60. The Morgan fingerprint density at radius 1 is 1.12 bits per heavy atom. The minimum atomic E-state index is 0.0452. The number of ketones is 1. The van der Waals surface area contributed by atoms with E-state index >= 15 is 0 Å². The highest BCUT2D eigenvalue weighted by atomic mass is 16.1. The van der Waals surface area contributed by atoms with Gasteiger partial charge in [0.1, 0.15) is 0 Å². The van der Waals surface area contributed by atoms with Crippen LogP contribution < -0.4 is 0 Å². The number of Topliss-reactive ketones (excluding diaryl/α,β-unsaturated/α-hetero) is 1. The minimum Gasteiger partial charge on any atom is -0.294 e. The highest BCUT2D eigenvalue weighted by Crippen LogP contribution is 2.20. The topological polar surface area (TPSA) is 30.0 Å². The largest absolute Gasteiger partial charge is 0.294 e. The molecule has 0 aliphatic carbocycles. The molecule has 0 aliphatic rings. The van der Waals surface area contributed by atoms with Crippen molar-refractivity contribution >= 4 is 5.78 Å². The average Bonchev–Trinajstić information content (AvgIpc) is 2.30. The summed E-state index contributed by atoms with van der Waals surface area (Å²) in [4.78, 5) is 15.4. The van der Waals surface area contributed by atoms with Gasteiger partial charge in [-0.25, -0.2) is 0 Å². The third-order valence-electron chi connectivity index (χ3n) is 2.59. The molecule has 2 rings (SSSR count). The smallest absolute Gasteiger partial charge is 0.161 e. The molecule has 0 amide bonds. The molecule has 1 aromatic heterocycles. The molecule has 16 heavy (non-hydrogen) atoms. The van der Waals surface area contributed by atoms with Crippen LogP contribution in [0.2, 0.25) is 0 Å². The van der Waals surface area contributed by atoms with Crippen molar-refractivity contribution in [2.75, 3.05) is 0 Å². The second-order valence-corrected chi connectivity index (χ2v) is 3.80. The number of aromatic nitrogens is 1. The first-order chi connectivity index (χ1) is 7.68. The van der Waals surface area contributed by atoms with E-state index in [1.54, 1.807) is 13.1 Å². The number of nitrogens with zero attached hydrogens (tertiary/aromatic N) is 1. The van der Waals surface area contributed by atoms with E-state index in [1.165, 1.54) is 5.56 Å². The Hall–Kier alpha value is -1.96. The summed E-state index contributed by atoms with van der Waals surface area (Å²) in [7, 11) is 0. The normalized spacial score (nSPS) is 10.1. The highest BCUT2D eigenvalue weighted by molar-refractivity contribution is 5.93. The van der Waals surface area contributed by atoms with E-state index < -0.39 is 0 Å². The Labute approximate surface area is 95.0 Å². The van der Waals surface area contributed by atoms with Crippen molar-refractivity contribution in [1.82, 2.24) is 4.98 Å². The van der Waals surface area contributed by atoms with Gasteiger partial charge >= 0.3 is 0 Å². The molecule has 2 aromatic rings.